The molecular formula is C15H7F3O2. The second kappa shape index (κ2) is 4.03. The average Bonchev–Trinajstić information content (AvgIpc) is 2.46. The number of fused-ring (bicyclic) bond motifs is 2. The van der Waals surface area contributed by atoms with Crippen LogP contribution in [0.3, 0.4) is 0 Å². The molecule has 20 heavy (non-hydrogen) atoms. The summed E-state index contributed by atoms with van der Waals surface area (Å²) in [6, 6.07) is 5.69. The van der Waals surface area contributed by atoms with Crippen LogP contribution in [0, 0.1) is 24.4 Å². The minimum absolute atomic E-state index is 0.00527. The first-order valence-corrected chi connectivity index (χ1v) is 5.80. The molecule has 0 fully saturated rings. The van der Waals surface area contributed by atoms with Gasteiger partial charge >= 0.3 is 0 Å². The molecule has 2 aromatic rings. The highest BCUT2D eigenvalue weighted by atomic mass is 19.2. The molecule has 0 aliphatic heterocycles. The van der Waals surface area contributed by atoms with Crippen LogP contribution in [0.4, 0.5) is 13.2 Å². The minimum atomic E-state index is -1.48. The minimum Gasteiger partial charge on any atom is -0.288 e. The van der Waals surface area contributed by atoms with Gasteiger partial charge in [-0.25, -0.2) is 13.2 Å². The van der Waals surface area contributed by atoms with Crippen molar-refractivity contribution in [1.82, 2.24) is 0 Å². The number of halogens is 3. The first-order chi connectivity index (χ1) is 9.45. The Morgan fingerprint density at radius 2 is 1.20 bits per heavy atom. The molecule has 2 nitrogen and oxygen atoms in total. The molecule has 0 unspecified atom stereocenters. The van der Waals surface area contributed by atoms with E-state index in [-0.39, 0.29) is 11.1 Å². The fourth-order valence-corrected chi connectivity index (χ4v) is 2.35. The molecule has 1 aliphatic carbocycles. The molecule has 0 bridgehead atoms. The van der Waals surface area contributed by atoms with Crippen molar-refractivity contribution in [2.24, 2.45) is 0 Å². The Morgan fingerprint density at radius 3 is 1.70 bits per heavy atom. The second-order valence-electron chi connectivity index (χ2n) is 4.52. The molecule has 3 rings (SSSR count). The molecule has 0 amide bonds. The van der Waals surface area contributed by atoms with Gasteiger partial charge < -0.3 is 0 Å². The number of carbonyl (C=O) groups is 2. The third-order valence-electron chi connectivity index (χ3n) is 3.41. The molecule has 2 aromatic carbocycles. The maximum absolute atomic E-state index is 14.1. The van der Waals surface area contributed by atoms with Gasteiger partial charge in [-0.05, 0) is 6.92 Å². The standard InChI is InChI=1S/C15H7F3O2/c1-6-11(16)9-10(13(18)12(6)17)15(20)8-5-3-2-4-7(8)14(9)19/h2-5H,1H3. The number of hydrogen-bond acceptors (Lipinski definition) is 2. The second-order valence-corrected chi connectivity index (χ2v) is 4.52. The topological polar surface area (TPSA) is 34.1 Å². The lowest BCUT2D eigenvalue weighted by atomic mass is 9.82. The molecule has 1 aliphatic rings. The van der Waals surface area contributed by atoms with Crippen molar-refractivity contribution in [3.63, 3.8) is 0 Å². The van der Waals surface area contributed by atoms with Crippen molar-refractivity contribution in [3.8, 4) is 0 Å². The number of carbonyl (C=O) groups excluding carboxylic acids is 2. The van der Waals surface area contributed by atoms with Crippen LogP contribution in [0.1, 0.15) is 37.4 Å². The Bertz CT molecular complexity index is 728. The molecule has 0 spiro atoms. The molecule has 0 radical (unpaired) electrons. The van der Waals surface area contributed by atoms with Gasteiger partial charge in [0.2, 0.25) is 0 Å². The molecule has 0 saturated heterocycles. The molecule has 0 N–H and O–H groups in total. The van der Waals surface area contributed by atoms with Crippen molar-refractivity contribution >= 4 is 11.6 Å². The van der Waals surface area contributed by atoms with E-state index < -0.39 is 45.7 Å². The van der Waals surface area contributed by atoms with Crippen molar-refractivity contribution in [2.75, 3.05) is 0 Å². The van der Waals surface area contributed by atoms with E-state index in [0.717, 1.165) is 6.92 Å². The van der Waals surface area contributed by atoms with E-state index in [2.05, 4.69) is 0 Å². The predicted octanol–water partition coefficient (Wildman–Crippen LogP) is 3.19. The summed E-state index contributed by atoms with van der Waals surface area (Å²) < 4.78 is 41.6. The highest BCUT2D eigenvalue weighted by molar-refractivity contribution is 6.28. The van der Waals surface area contributed by atoms with Crippen molar-refractivity contribution < 1.29 is 22.8 Å². The monoisotopic (exact) mass is 276 g/mol. The van der Waals surface area contributed by atoms with Gasteiger partial charge in [-0.3, -0.25) is 9.59 Å². The van der Waals surface area contributed by atoms with E-state index in [0.29, 0.717) is 0 Å². The maximum atomic E-state index is 14.1. The van der Waals surface area contributed by atoms with Crippen LogP contribution >= 0.6 is 0 Å². The summed E-state index contributed by atoms with van der Waals surface area (Å²) in [6.07, 6.45) is 0. The fraction of sp³-hybridized carbons (Fsp3) is 0.0667. The molecule has 5 heteroatoms. The third kappa shape index (κ3) is 1.40. The van der Waals surface area contributed by atoms with Crippen LogP contribution in [-0.4, -0.2) is 11.6 Å². The third-order valence-corrected chi connectivity index (χ3v) is 3.41. The summed E-state index contributed by atoms with van der Waals surface area (Å²) in [6.45, 7) is 1.02. The van der Waals surface area contributed by atoms with Gasteiger partial charge in [0.05, 0.1) is 11.1 Å². The van der Waals surface area contributed by atoms with E-state index in [1.165, 1.54) is 24.3 Å². The first kappa shape index (κ1) is 12.6. The summed E-state index contributed by atoms with van der Waals surface area (Å²) in [5, 5.41) is 0. The smallest absolute Gasteiger partial charge is 0.197 e. The summed E-state index contributed by atoms with van der Waals surface area (Å²) in [4.78, 5) is 24.4. The Kier molecular flexibility index (Phi) is 2.54. The van der Waals surface area contributed by atoms with E-state index in [1.54, 1.807) is 0 Å². The zero-order valence-electron chi connectivity index (χ0n) is 10.3. The Balaban J connectivity index is 2.46. The lowest BCUT2D eigenvalue weighted by Crippen LogP contribution is -2.25. The Hall–Kier alpha value is -2.43. The lowest BCUT2D eigenvalue weighted by Gasteiger charge is -2.19. The van der Waals surface area contributed by atoms with Crippen molar-refractivity contribution in [2.45, 2.75) is 6.92 Å². The van der Waals surface area contributed by atoms with Crippen LogP contribution in [0.5, 0.6) is 0 Å². The molecule has 0 heterocycles. The van der Waals surface area contributed by atoms with E-state index in [1.807, 2.05) is 0 Å². The Morgan fingerprint density at radius 1 is 0.750 bits per heavy atom. The summed E-state index contributed by atoms with van der Waals surface area (Å²) >= 11 is 0. The normalized spacial score (nSPS) is 13.2. The van der Waals surface area contributed by atoms with Gasteiger partial charge in [-0.1, -0.05) is 24.3 Å². The van der Waals surface area contributed by atoms with Gasteiger partial charge in [0.15, 0.2) is 23.2 Å². The molecule has 100 valence electrons. The van der Waals surface area contributed by atoms with E-state index >= 15 is 0 Å². The van der Waals surface area contributed by atoms with Crippen LogP contribution in [-0.2, 0) is 0 Å². The molecule has 0 aromatic heterocycles. The number of ketones is 2. The number of benzene rings is 2. The summed E-state index contributed by atoms with van der Waals surface area (Å²) in [5.41, 5.74) is -2.18. The molecular weight excluding hydrogens is 269 g/mol. The summed E-state index contributed by atoms with van der Waals surface area (Å²) in [7, 11) is 0. The SMILES string of the molecule is Cc1c(F)c(F)c2c(c1F)C(=O)c1ccccc1C2=O. The average molecular weight is 276 g/mol. The highest BCUT2D eigenvalue weighted by Gasteiger charge is 2.37. The van der Waals surface area contributed by atoms with Gasteiger partial charge in [-0.15, -0.1) is 0 Å². The van der Waals surface area contributed by atoms with E-state index in [9.17, 15) is 22.8 Å². The zero-order valence-corrected chi connectivity index (χ0v) is 10.3. The quantitative estimate of drug-likeness (QED) is 0.591. The van der Waals surface area contributed by atoms with Crippen LogP contribution < -0.4 is 0 Å². The highest BCUT2D eigenvalue weighted by Crippen LogP contribution is 2.33. The van der Waals surface area contributed by atoms with E-state index in [4.69, 9.17) is 0 Å². The van der Waals surface area contributed by atoms with Crippen LogP contribution in [0.25, 0.3) is 0 Å². The summed E-state index contributed by atoms with van der Waals surface area (Å²) in [5.74, 6) is -5.81. The van der Waals surface area contributed by atoms with Gasteiger partial charge in [-0.2, -0.15) is 0 Å². The van der Waals surface area contributed by atoms with Crippen molar-refractivity contribution in [3.05, 3.63) is 69.5 Å². The van der Waals surface area contributed by atoms with Gasteiger partial charge in [0.25, 0.3) is 0 Å². The zero-order chi connectivity index (χ0) is 14.6. The van der Waals surface area contributed by atoms with Crippen molar-refractivity contribution in [1.29, 1.82) is 0 Å². The molecule has 0 atom stereocenters. The fourth-order valence-electron chi connectivity index (χ4n) is 2.35. The molecule has 0 saturated carbocycles. The maximum Gasteiger partial charge on any atom is 0.197 e. The predicted molar refractivity (Wildman–Crippen MR) is 64.4 cm³/mol. The van der Waals surface area contributed by atoms with Crippen LogP contribution in [0.15, 0.2) is 24.3 Å². The number of hydrogen-bond donors (Lipinski definition) is 0. The largest absolute Gasteiger partial charge is 0.288 e. The van der Waals surface area contributed by atoms with Crippen LogP contribution in [0.2, 0.25) is 0 Å². The lowest BCUT2D eigenvalue weighted by molar-refractivity contribution is 0.0971. The van der Waals surface area contributed by atoms with Gasteiger partial charge in [0.1, 0.15) is 5.82 Å². The number of rotatable bonds is 0. The Labute approximate surface area is 111 Å². The van der Waals surface area contributed by atoms with Gasteiger partial charge in [0, 0.05) is 16.7 Å². The first-order valence-electron chi connectivity index (χ1n) is 5.80.